The summed E-state index contributed by atoms with van der Waals surface area (Å²) in [7, 11) is 0. The highest BCUT2D eigenvalue weighted by Gasteiger charge is 2.06. The molecule has 0 bridgehead atoms. The molecule has 0 unspecified atom stereocenters. The largest absolute Gasteiger partial charge is 0.493 e. The first-order valence-corrected chi connectivity index (χ1v) is 5.69. The molecule has 0 atom stereocenters. The number of ether oxygens (including phenoxy) is 1. The van der Waals surface area contributed by atoms with Crippen molar-refractivity contribution in [2.75, 3.05) is 6.61 Å². The summed E-state index contributed by atoms with van der Waals surface area (Å²) in [5, 5.41) is 8.39. The third kappa shape index (κ3) is 2.64. The van der Waals surface area contributed by atoms with Gasteiger partial charge >= 0.3 is 0 Å². The summed E-state index contributed by atoms with van der Waals surface area (Å²) in [4.78, 5) is 0. The Bertz CT molecular complexity index is 411. The van der Waals surface area contributed by atoms with Gasteiger partial charge in [-0.05, 0) is 42.5 Å². The number of hydrogen-bond acceptors (Lipinski definition) is 2. The van der Waals surface area contributed by atoms with E-state index >= 15 is 0 Å². The van der Waals surface area contributed by atoms with Crippen LogP contribution in [0.5, 0.6) is 5.75 Å². The number of rotatable bonds is 4. The standard InChI is InChI=1S/C14H15NO/c15-10-3-11-16-14-8-6-13(7-9-14)12-4-1-2-5-12/h4,6-9H,1-3,5,11H2. The fourth-order valence-corrected chi connectivity index (χ4v) is 1.91. The van der Waals surface area contributed by atoms with Crippen molar-refractivity contribution < 1.29 is 4.74 Å². The lowest BCUT2D eigenvalue weighted by atomic mass is 10.1. The zero-order valence-electron chi connectivity index (χ0n) is 9.28. The van der Waals surface area contributed by atoms with E-state index in [1.54, 1.807) is 0 Å². The lowest BCUT2D eigenvalue weighted by Crippen LogP contribution is -1.95. The zero-order valence-corrected chi connectivity index (χ0v) is 9.28. The predicted molar refractivity (Wildman–Crippen MR) is 64.0 cm³/mol. The highest BCUT2D eigenvalue weighted by atomic mass is 16.5. The van der Waals surface area contributed by atoms with Gasteiger partial charge in [0.1, 0.15) is 12.4 Å². The molecule has 2 heteroatoms. The number of nitrogens with zero attached hydrogens (tertiary/aromatic N) is 1. The fourth-order valence-electron chi connectivity index (χ4n) is 1.91. The van der Waals surface area contributed by atoms with E-state index in [9.17, 15) is 0 Å². The van der Waals surface area contributed by atoms with Gasteiger partial charge in [0.15, 0.2) is 0 Å². The summed E-state index contributed by atoms with van der Waals surface area (Å²) >= 11 is 0. The maximum atomic E-state index is 8.39. The van der Waals surface area contributed by atoms with E-state index in [2.05, 4.69) is 24.3 Å². The van der Waals surface area contributed by atoms with Crippen LogP contribution < -0.4 is 4.74 Å². The van der Waals surface area contributed by atoms with Gasteiger partial charge < -0.3 is 4.74 Å². The Labute approximate surface area is 96.2 Å². The van der Waals surface area contributed by atoms with Gasteiger partial charge in [-0.3, -0.25) is 0 Å². The van der Waals surface area contributed by atoms with Crippen molar-refractivity contribution in [1.82, 2.24) is 0 Å². The average Bonchev–Trinajstić information content (AvgIpc) is 2.84. The lowest BCUT2D eigenvalue weighted by Gasteiger charge is -2.06. The minimum Gasteiger partial charge on any atom is -0.493 e. The average molecular weight is 213 g/mol. The van der Waals surface area contributed by atoms with Crippen LogP contribution in [0, 0.1) is 11.3 Å². The molecule has 0 saturated carbocycles. The highest BCUT2D eigenvalue weighted by Crippen LogP contribution is 2.28. The zero-order chi connectivity index (χ0) is 11.2. The number of nitriles is 1. The van der Waals surface area contributed by atoms with E-state index in [1.807, 2.05) is 12.1 Å². The van der Waals surface area contributed by atoms with Gasteiger partial charge in [-0.1, -0.05) is 18.2 Å². The van der Waals surface area contributed by atoms with E-state index < -0.39 is 0 Å². The van der Waals surface area contributed by atoms with Gasteiger partial charge in [0.25, 0.3) is 0 Å². The van der Waals surface area contributed by atoms with Gasteiger partial charge in [-0.25, -0.2) is 0 Å². The summed E-state index contributed by atoms with van der Waals surface area (Å²) in [5.41, 5.74) is 2.74. The molecule has 0 radical (unpaired) electrons. The Morgan fingerprint density at radius 1 is 1.25 bits per heavy atom. The Hall–Kier alpha value is -1.75. The third-order valence-electron chi connectivity index (χ3n) is 2.75. The van der Waals surface area contributed by atoms with Crippen molar-refractivity contribution in [3.8, 4) is 11.8 Å². The molecule has 0 amide bonds. The molecule has 1 aliphatic rings. The minimum absolute atomic E-state index is 0.437. The van der Waals surface area contributed by atoms with Crippen molar-refractivity contribution in [2.45, 2.75) is 25.7 Å². The smallest absolute Gasteiger partial charge is 0.119 e. The number of hydrogen-bond donors (Lipinski definition) is 0. The Morgan fingerprint density at radius 2 is 2.06 bits per heavy atom. The summed E-state index contributed by atoms with van der Waals surface area (Å²) in [6.45, 7) is 0.471. The second-order valence-electron chi connectivity index (χ2n) is 3.90. The molecule has 2 rings (SSSR count). The molecule has 0 heterocycles. The van der Waals surface area contributed by atoms with Crippen LogP contribution in [0.25, 0.3) is 5.57 Å². The van der Waals surface area contributed by atoms with Gasteiger partial charge in [0, 0.05) is 0 Å². The first-order valence-electron chi connectivity index (χ1n) is 5.69. The molecule has 1 aliphatic carbocycles. The Balaban J connectivity index is 1.97. The van der Waals surface area contributed by atoms with Crippen molar-refractivity contribution >= 4 is 5.57 Å². The van der Waals surface area contributed by atoms with E-state index in [-0.39, 0.29) is 0 Å². The molecule has 2 nitrogen and oxygen atoms in total. The lowest BCUT2D eigenvalue weighted by molar-refractivity contribution is 0.326. The molecule has 0 spiro atoms. The van der Waals surface area contributed by atoms with Crippen LogP contribution >= 0.6 is 0 Å². The van der Waals surface area contributed by atoms with Crippen LogP contribution in [0.2, 0.25) is 0 Å². The second-order valence-corrected chi connectivity index (χ2v) is 3.90. The molecule has 0 fully saturated rings. The summed E-state index contributed by atoms with van der Waals surface area (Å²) in [6, 6.07) is 10.2. The molecule has 1 aromatic rings. The van der Waals surface area contributed by atoms with E-state index in [0.29, 0.717) is 13.0 Å². The minimum atomic E-state index is 0.437. The molecule has 1 aromatic carbocycles. The quantitative estimate of drug-likeness (QED) is 0.716. The summed E-state index contributed by atoms with van der Waals surface area (Å²) < 4.78 is 5.42. The summed E-state index contributed by atoms with van der Waals surface area (Å²) in [6.07, 6.45) is 6.42. The van der Waals surface area contributed by atoms with E-state index in [1.165, 1.54) is 30.4 Å². The molecular formula is C14H15NO. The molecule has 0 saturated heterocycles. The molecule has 16 heavy (non-hydrogen) atoms. The SMILES string of the molecule is N#CCCOc1ccc(C2=CCCC2)cc1. The molecule has 0 N–H and O–H groups in total. The van der Waals surface area contributed by atoms with Crippen LogP contribution in [-0.4, -0.2) is 6.61 Å². The fraction of sp³-hybridized carbons (Fsp3) is 0.357. The molecule has 82 valence electrons. The third-order valence-corrected chi connectivity index (χ3v) is 2.75. The molecule has 0 aliphatic heterocycles. The normalized spacial score (nSPS) is 14.3. The van der Waals surface area contributed by atoms with Crippen LogP contribution in [-0.2, 0) is 0 Å². The Kier molecular flexibility index (Phi) is 3.61. The second kappa shape index (κ2) is 5.37. The maximum absolute atomic E-state index is 8.39. The monoisotopic (exact) mass is 213 g/mol. The van der Waals surface area contributed by atoms with Crippen LogP contribution in [0.1, 0.15) is 31.2 Å². The molecular weight excluding hydrogens is 198 g/mol. The van der Waals surface area contributed by atoms with Crippen molar-refractivity contribution in [2.24, 2.45) is 0 Å². The van der Waals surface area contributed by atoms with Gasteiger partial charge in [-0.15, -0.1) is 0 Å². The highest BCUT2D eigenvalue weighted by molar-refractivity contribution is 5.67. The van der Waals surface area contributed by atoms with Crippen LogP contribution in [0.4, 0.5) is 0 Å². The Morgan fingerprint density at radius 3 is 2.69 bits per heavy atom. The number of allylic oxidation sites excluding steroid dienone is 2. The van der Waals surface area contributed by atoms with Crippen molar-refractivity contribution in [1.29, 1.82) is 5.26 Å². The van der Waals surface area contributed by atoms with Gasteiger partial charge in [0.05, 0.1) is 12.5 Å². The predicted octanol–water partition coefficient (Wildman–Crippen LogP) is 3.55. The number of benzene rings is 1. The van der Waals surface area contributed by atoms with Gasteiger partial charge in [0.2, 0.25) is 0 Å². The maximum Gasteiger partial charge on any atom is 0.119 e. The first-order chi connectivity index (χ1) is 7.90. The van der Waals surface area contributed by atoms with Crippen molar-refractivity contribution in [3.05, 3.63) is 35.9 Å². The summed E-state index contributed by atoms with van der Waals surface area (Å²) in [5.74, 6) is 0.845. The van der Waals surface area contributed by atoms with Gasteiger partial charge in [-0.2, -0.15) is 5.26 Å². The van der Waals surface area contributed by atoms with E-state index in [4.69, 9.17) is 10.00 Å². The first kappa shape index (κ1) is 10.8. The van der Waals surface area contributed by atoms with Crippen molar-refractivity contribution in [3.63, 3.8) is 0 Å². The van der Waals surface area contributed by atoms with Crippen LogP contribution in [0.3, 0.4) is 0 Å². The topological polar surface area (TPSA) is 33.0 Å². The molecule has 0 aromatic heterocycles. The van der Waals surface area contributed by atoms with Crippen LogP contribution in [0.15, 0.2) is 30.3 Å². The van der Waals surface area contributed by atoms with E-state index in [0.717, 1.165) is 5.75 Å².